The molecule has 0 spiro atoms. The lowest BCUT2D eigenvalue weighted by molar-refractivity contribution is -0.0501. The molecule has 3 rings (SSSR count). The van der Waals surface area contributed by atoms with E-state index in [9.17, 15) is 22.0 Å². The summed E-state index contributed by atoms with van der Waals surface area (Å²) in [4.78, 5) is 22.3. The zero-order chi connectivity index (χ0) is 24.9. The summed E-state index contributed by atoms with van der Waals surface area (Å²) in [7, 11) is -3.83. The van der Waals surface area contributed by atoms with E-state index in [1.165, 1.54) is 17.0 Å². The second-order valence-corrected chi connectivity index (χ2v) is 8.68. The van der Waals surface area contributed by atoms with Gasteiger partial charge in [0.1, 0.15) is 11.5 Å². The lowest BCUT2D eigenvalue weighted by Gasteiger charge is -2.20. The van der Waals surface area contributed by atoms with Crippen LogP contribution in [0.4, 0.5) is 20.5 Å². The van der Waals surface area contributed by atoms with Crippen molar-refractivity contribution in [2.75, 3.05) is 11.2 Å². The molecular formula is C21H19F2N5O5S. The van der Waals surface area contributed by atoms with Crippen molar-refractivity contribution >= 4 is 27.6 Å². The van der Waals surface area contributed by atoms with Gasteiger partial charge in [0.05, 0.1) is 36.3 Å². The maximum atomic E-state index is 12.4. The number of alkyl halides is 2. The average Bonchev–Trinajstić information content (AvgIpc) is 3.22. The molecule has 0 saturated carbocycles. The number of rotatable bonds is 9. The summed E-state index contributed by atoms with van der Waals surface area (Å²) < 4.78 is 59.7. The molecule has 0 aliphatic heterocycles. The Kier molecular flexibility index (Phi) is 7.42. The third-order valence-corrected chi connectivity index (χ3v) is 4.94. The molecule has 34 heavy (non-hydrogen) atoms. The van der Waals surface area contributed by atoms with Gasteiger partial charge in [-0.05, 0) is 36.4 Å². The van der Waals surface area contributed by atoms with Crippen LogP contribution in [-0.2, 0) is 23.0 Å². The van der Waals surface area contributed by atoms with E-state index in [1.54, 1.807) is 31.2 Å². The minimum absolute atomic E-state index is 0.0325. The van der Waals surface area contributed by atoms with Crippen molar-refractivity contribution in [3.63, 3.8) is 0 Å². The van der Waals surface area contributed by atoms with Crippen molar-refractivity contribution in [3.8, 4) is 11.8 Å². The van der Waals surface area contributed by atoms with Gasteiger partial charge < -0.3 is 9.15 Å². The first-order chi connectivity index (χ1) is 16.1. The summed E-state index contributed by atoms with van der Waals surface area (Å²) in [6, 6.07) is 11.1. The Balaban J connectivity index is 2.00. The van der Waals surface area contributed by atoms with E-state index >= 15 is 0 Å². The summed E-state index contributed by atoms with van der Waals surface area (Å²) in [6.45, 7) is -1.24. The van der Waals surface area contributed by atoms with Gasteiger partial charge in [-0.2, -0.15) is 19.0 Å². The number of aryl methyl sites for hydroxylation is 1. The maximum absolute atomic E-state index is 12.4. The monoisotopic (exact) mass is 491 g/mol. The topological polar surface area (TPSA) is 138 Å². The number of carbonyl (C=O) groups is 1. The normalized spacial score (nSPS) is 11.2. The number of carbonyl (C=O) groups excluding carboxylic acids is 1. The first kappa shape index (κ1) is 24.6. The van der Waals surface area contributed by atoms with Gasteiger partial charge in [-0.1, -0.05) is 6.92 Å². The van der Waals surface area contributed by atoms with Crippen LogP contribution in [0.25, 0.3) is 0 Å². The van der Waals surface area contributed by atoms with Crippen molar-refractivity contribution in [2.45, 2.75) is 26.5 Å². The number of aromatic nitrogens is 2. The fraction of sp³-hybridized carbons (Fsp3) is 0.238. The first-order valence-electron chi connectivity index (χ1n) is 9.79. The number of benzene rings is 1. The van der Waals surface area contributed by atoms with Gasteiger partial charge in [-0.15, -0.1) is 0 Å². The van der Waals surface area contributed by atoms with Crippen LogP contribution in [0.3, 0.4) is 0 Å². The highest BCUT2D eigenvalue weighted by molar-refractivity contribution is 7.89. The summed E-state index contributed by atoms with van der Waals surface area (Å²) >= 11 is 0. The number of oxazole rings is 1. The van der Waals surface area contributed by atoms with E-state index in [0.717, 1.165) is 12.5 Å². The van der Waals surface area contributed by atoms with Crippen molar-refractivity contribution in [2.24, 2.45) is 0 Å². The molecule has 0 unspecified atom stereocenters. The standard InChI is InChI=1S/C21H19F2N5O5S/c1-3-17-18(19(29)27-34(2,30)31)26-21(33-17)28(15-7-4-13(10-24)5-8-15)12-14-6-9-16(11-25-14)32-20(22)23/h4-9,11,20H,3,12H2,1-2H3,(H,27,29). The molecule has 1 N–H and O–H groups in total. The molecular weight excluding hydrogens is 472 g/mol. The van der Waals surface area contributed by atoms with Crippen LogP contribution in [0, 0.1) is 11.3 Å². The SMILES string of the molecule is CCc1oc(N(Cc2ccc(OC(F)F)cn2)c2ccc(C#N)cc2)nc1C(=O)NS(C)(=O)=O. The van der Waals surface area contributed by atoms with Gasteiger partial charge in [-0.3, -0.25) is 14.7 Å². The van der Waals surface area contributed by atoms with Gasteiger partial charge in [0.15, 0.2) is 5.69 Å². The zero-order valence-electron chi connectivity index (χ0n) is 18.0. The Hall–Kier alpha value is -4.05. The number of nitrogens with zero attached hydrogens (tertiary/aromatic N) is 4. The maximum Gasteiger partial charge on any atom is 0.387 e. The Morgan fingerprint density at radius 3 is 2.50 bits per heavy atom. The van der Waals surface area contributed by atoms with Crippen molar-refractivity contribution in [1.82, 2.24) is 14.7 Å². The molecule has 3 aromatic rings. The van der Waals surface area contributed by atoms with Crippen LogP contribution in [-0.4, -0.2) is 37.2 Å². The molecule has 0 radical (unpaired) electrons. The zero-order valence-corrected chi connectivity index (χ0v) is 18.8. The highest BCUT2D eigenvalue weighted by Crippen LogP contribution is 2.29. The highest BCUT2D eigenvalue weighted by atomic mass is 32.2. The predicted molar refractivity (Wildman–Crippen MR) is 116 cm³/mol. The fourth-order valence-corrected chi connectivity index (χ4v) is 3.35. The summed E-state index contributed by atoms with van der Waals surface area (Å²) in [5, 5.41) is 9.07. The number of sulfonamides is 1. The molecule has 0 aliphatic carbocycles. The van der Waals surface area contributed by atoms with E-state index in [4.69, 9.17) is 9.68 Å². The molecule has 0 fully saturated rings. The fourth-order valence-electron chi connectivity index (χ4n) is 2.91. The quantitative estimate of drug-likeness (QED) is 0.478. The molecule has 13 heteroatoms. The highest BCUT2D eigenvalue weighted by Gasteiger charge is 2.25. The minimum Gasteiger partial charge on any atom is -0.433 e. The molecule has 2 heterocycles. The van der Waals surface area contributed by atoms with Gasteiger partial charge in [-0.25, -0.2) is 13.1 Å². The Morgan fingerprint density at radius 1 is 1.26 bits per heavy atom. The summed E-state index contributed by atoms with van der Waals surface area (Å²) in [5.74, 6) is -0.906. The molecule has 178 valence electrons. The second-order valence-electron chi connectivity index (χ2n) is 6.93. The van der Waals surface area contributed by atoms with E-state index in [1.807, 2.05) is 10.8 Å². The van der Waals surface area contributed by atoms with Crippen molar-refractivity contribution in [1.29, 1.82) is 5.26 Å². The Morgan fingerprint density at radius 2 is 1.97 bits per heavy atom. The molecule has 0 aliphatic rings. The van der Waals surface area contributed by atoms with Crippen LogP contribution < -0.4 is 14.4 Å². The number of hydrogen-bond acceptors (Lipinski definition) is 9. The largest absolute Gasteiger partial charge is 0.433 e. The van der Waals surface area contributed by atoms with Crippen LogP contribution in [0.2, 0.25) is 0 Å². The van der Waals surface area contributed by atoms with Gasteiger partial charge in [0.2, 0.25) is 10.0 Å². The van der Waals surface area contributed by atoms with Crippen molar-refractivity contribution < 1.29 is 31.1 Å². The van der Waals surface area contributed by atoms with Crippen LogP contribution in [0.1, 0.15) is 34.4 Å². The van der Waals surface area contributed by atoms with E-state index in [0.29, 0.717) is 16.9 Å². The van der Waals surface area contributed by atoms with Gasteiger partial charge in [0, 0.05) is 12.1 Å². The molecule has 0 bridgehead atoms. The smallest absolute Gasteiger partial charge is 0.387 e. The van der Waals surface area contributed by atoms with E-state index in [-0.39, 0.29) is 36.2 Å². The van der Waals surface area contributed by atoms with Crippen LogP contribution in [0.5, 0.6) is 5.75 Å². The lowest BCUT2D eigenvalue weighted by atomic mass is 10.2. The van der Waals surface area contributed by atoms with Crippen LogP contribution >= 0.6 is 0 Å². The third kappa shape index (κ3) is 6.26. The third-order valence-electron chi connectivity index (χ3n) is 4.38. The first-order valence-corrected chi connectivity index (χ1v) is 11.7. The van der Waals surface area contributed by atoms with E-state index in [2.05, 4.69) is 14.7 Å². The lowest BCUT2D eigenvalue weighted by Crippen LogP contribution is -2.30. The number of amides is 1. The van der Waals surface area contributed by atoms with E-state index < -0.39 is 22.5 Å². The average molecular weight is 491 g/mol. The number of hydrogen-bond donors (Lipinski definition) is 1. The number of anilines is 2. The Bertz CT molecular complexity index is 1300. The molecule has 10 nitrogen and oxygen atoms in total. The number of halogens is 2. The summed E-state index contributed by atoms with van der Waals surface area (Å²) in [5.41, 5.74) is 1.15. The molecule has 1 amide bonds. The molecule has 0 atom stereocenters. The second kappa shape index (κ2) is 10.3. The number of pyridine rings is 1. The molecule has 2 aromatic heterocycles. The number of nitrogens with one attached hydrogen (secondary N) is 1. The summed E-state index contributed by atoms with van der Waals surface area (Å²) in [6.07, 6.45) is 2.22. The van der Waals surface area contributed by atoms with Gasteiger partial charge >= 0.3 is 12.6 Å². The van der Waals surface area contributed by atoms with Gasteiger partial charge in [0.25, 0.3) is 5.91 Å². The Labute approximate surface area is 193 Å². The molecule has 0 saturated heterocycles. The predicted octanol–water partition coefficient (Wildman–Crippen LogP) is 3.13. The van der Waals surface area contributed by atoms with Crippen molar-refractivity contribution in [3.05, 3.63) is 65.3 Å². The van der Waals surface area contributed by atoms with Crippen LogP contribution in [0.15, 0.2) is 47.0 Å². The number of nitriles is 1. The number of ether oxygens (including phenoxy) is 1. The molecule has 1 aromatic carbocycles. The minimum atomic E-state index is -3.83.